The molecule has 0 aliphatic heterocycles. The van der Waals surface area contributed by atoms with E-state index in [0.717, 1.165) is 0 Å². The SMILES string of the molecule is CCOc1ccccc1NC(=O)COC(=O)C=Cc1ccc(Cl)c(Cl)c1. The summed E-state index contributed by atoms with van der Waals surface area (Å²) in [5.41, 5.74) is 1.20. The zero-order valence-corrected chi connectivity index (χ0v) is 15.5. The number of para-hydroxylation sites is 2. The van der Waals surface area contributed by atoms with Gasteiger partial charge in [0.2, 0.25) is 0 Å². The lowest BCUT2D eigenvalue weighted by molar-refractivity contribution is -0.142. The maximum absolute atomic E-state index is 11.9. The van der Waals surface area contributed by atoms with Crippen LogP contribution in [-0.2, 0) is 14.3 Å². The zero-order chi connectivity index (χ0) is 18.9. The van der Waals surface area contributed by atoms with E-state index in [2.05, 4.69) is 5.32 Å². The summed E-state index contributed by atoms with van der Waals surface area (Å²) >= 11 is 11.7. The Morgan fingerprint density at radius 2 is 1.88 bits per heavy atom. The molecule has 26 heavy (non-hydrogen) atoms. The fraction of sp³-hybridized carbons (Fsp3) is 0.158. The maximum atomic E-state index is 11.9. The normalized spacial score (nSPS) is 10.6. The molecule has 0 fully saturated rings. The molecule has 1 N–H and O–H groups in total. The van der Waals surface area contributed by atoms with Gasteiger partial charge in [-0.25, -0.2) is 4.79 Å². The van der Waals surface area contributed by atoms with Gasteiger partial charge >= 0.3 is 5.97 Å². The summed E-state index contributed by atoms with van der Waals surface area (Å²) in [4.78, 5) is 23.7. The van der Waals surface area contributed by atoms with Crippen LogP contribution < -0.4 is 10.1 Å². The first-order valence-electron chi connectivity index (χ1n) is 7.81. The van der Waals surface area contributed by atoms with Gasteiger partial charge in [-0.2, -0.15) is 0 Å². The second kappa shape index (κ2) is 9.85. The van der Waals surface area contributed by atoms with Crippen LogP contribution in [0, 0.1) is 0 Å². The molecule has 0 heterocycles. The molecule has 0 radical (unpaired) electrons. The molecule has 0 atom stereocenters. The number of amides is 1. The van der Waals surface area contributed by atoms with Crippen LogP contribution in [-0.4, -0.2) is 25.1 Å². The highest BCUT2D eigenvalue weighted by Crippen LogP contribution is 2.24. The van der Waals surface area contributed by atoms with Crippen LogP contribution in [0.15, 0.2) is 48.5 Å². The van der Waals surface area contributed by atoms with Crippen LogP contribution in [0.1, 0.15) is 12.5 Å². The number of esters is 1. The molecule has 0 unspecified atom stereocenters. The van der Waals surface area contributed by atoms with E-state index in [1.54, 1.807) is 42.5 Å². The topological polar surface area (TPSA) is 64.6 Å². The van der Waals surface area contributed by atoms with E-state index in [9.17, 15) is 9.59 Å². The highest BCUT2D eigenvalue weighted by Gasteiger charge is 2.09. The predicted octanol–water partition coefficient (Wildman–Crippen LogP) is 4.59. The first-order chi connectivity index (χ1) is 12.5. The van der Waals surface area contributed by atoms with Crippen molar-refractivity contribution in [3.8, 4) is 5.75 Å². The van der Waals surface area contributed by atoms with Crippen molar-refractivity contribution in [2.75, 3.05) is 18.5 Å². The zero-order valence-electron chi connectivity index (χ0n) is 14.0. The van der Waals surface area contributed by atoms with Crippen LogP contribution in [0.5, 0.6) is 5.75 Å². The van der Waals surface area contributed by atoms with E-state index in [0.29, 0.717) is 33.7 Å². The number of nitrogens with one attached hydrogen (secondary N) is 1. The van der Waals surface area contributed by atoms with Crippen molar-refractivity contribution < 1.29 is 19.1 Å². The molecule has 0 bridgehead atoms. The lowest BCUT2D eigenvalue weighted by Crippen LogP contribution is -2.20. The number of hydrogen-bond donors (Lipinski definition) is 1. The van der Waals surface area contributed by atoms with Crippen molar-refractivity contribution in [2.45, 2.75) is 6.92 Å². The average molecular weight is 394 g/mol. The lowest BCUT2D eigenvalue weighted by atomic mass is 10.2. The quantitative estimate of drug-likeness (QED) is 0.551. The Balaban J connectivity index is 1.86. The molecule has 2 rings (SSSR count). The molecule has 0 aliphatic rings. The fourth-order valence-corrected chi connectivity index (χ4v) is 2.31. The Morgan fingerprint density at radius 3 is 2.62 bits per heavy atom. The summed E-state index contributed by atoms with van der Waals surface area (Å²) in [5, 5.41) is 3.45. The molecule has 2 aromatic rings. The molecule has 2 aromatic carbocycles. The third-order valence-corrected chi connectivity index (χ3v) is 3.90. The van der Waals surface area contributed by atoms with E-state index in [1.807, 2.05) is 6.92 Å². The minimum absolute atomic E-state index is 0.384. The molecule has 0 saturated carbocycles. The van der Waals surface area contributed by atoms with Gasteiger partial charge in [0, 0.05) is 6.08 Å². The van der Waals surface area contributed by atoms with E-state index in [1.165, 1.54) is 12.2 Å². The van der Waals surface area contributed by atoms with Crippen molar-refractivity contribution in [3.63, 3.8) is 0 Å². The predicted molar refractivity (Wildman–Crippen MR) is 103 cm³/mol. The fourth-order valence-electron chi connectivity index (χ4n) is 2.00. The smallest absolute Gasteiger partial charge is 0.331 e. The van der Waals surface area contributed by atoms with Gasteiger partial charge in [0.05, 0.1) is 22.3 Å². The molecule has 5 nitrogen and oxygen atoms in total. The van der Waals surface area contributed by atoms with Crippen LogP contribution in [0.4, 0.5) is 5.69 Å². The molecule has 0 saturated heterocycles. The van der Waals surface area contributed by atoms with Gasteiger partial charge < -0.3 is 14.8 Å². The van der Waals surface area contributed by atoms with Gasteiger partial charge in [-0.3, -0.25) is 4.79 Å². The Bertz CT molecular complexity index is 821. The highest BCUT2D eigenvalue weighted by atomic mass is 35.5. The molecule has 136 valence electrons. The summed E-state index contributed by atoms with van der Waals surface area (Å²) in [6.45, 7) is 1.91. The Morgan fingerprint density at radius 1 is 1.12 bits per heavy atom. The number of anilines is 1. The second-order valence-electron chi connectivity index (χ2n) is 5.09. The van der Waals surface area contributed by atoms with Gasteiger partial charge in [-0.05, 0) is 42.8 Å². The monoisotopic (exact) mass is 393 g/mol. The maximum Gasteiger partial charge on any atom is 0.331 e. The molecule has 0 aromatic heterocycles. The van der Waals surface area contributed by atoms with Crippen molar-refractivity contribution in [2.24, 2.45) is 0 Å². The van der Waals surface area contributed by atoms with Crippen LogP contribution >= 0.6 is 23.2 Å². The van der Waals surface area contributed by atoms with Crippen LogP contribution in [0.25, 0.3) is 6.08 Å². The van der Waals surface area contributed by atoms with Crippen molar-refractivity contribution in [3.05, 3.63) is 64.1 Å². The van der Waals surface area contributed by atoms with E-state index in [4.69, 9.17) is 32.7 Å². The molecule has 0 aliphatic carbocycles. The molecule has 7 heteroatoms. The lowest BCUT2D eigenvalue weighted by Gasteiger charge is -2.11. The summed E-state index contributed by atoms with van der Waals surface area (Å²) < 4.78 is 10.3. The van der Waals surface area contributed by atoms with Crippen molar-refractivity contribution in [1.29, 1.82) is 0 Å². The van der Waals surface area contributed by atoms with Gasteiger partial charge in [0.25, 0.3) is 5.91 Å². The highest BCUT2D eigenvalue weighted by molar-refractivity contribution is 6.42. The van der Waals surface area contributed by atoms with E-state index < -0.39 is 18.5 Å². The standard InChI is InChI=1S/C19H17Cl2NO4/c1-2-25-17-6-4-3-5-16(17)22-18(23)12-26-19(24)10-8-13-7-9-14(20)15(21)11-13/h3-11H,2,12H2,1H3,(H,22,23). The molecular weight excluding hydrogens is 377 g/mol. The van der Waals surface area contributed by atoms with Gasteiger partial charge in [0.1, 0.15) is 5.75 Å². The van der Waals surface area contributed by atoms with Gasteiger partial charge in [-0.15, -0.1) is 0 Å². The van der Waals surface area contributed by atoms with Crippen LogP contribution in [0.3, 0.4) is 0 Å². The Labute approximate surface area is 161 Å². The minimum Gasteiger partial charge on any atom is -0.492 e. The van der Waals surface area contributed by atoms with E-state index >= 15 is 0 Å². The largest absolute Gasteiger partial charge is 0.492 e. The summed E-state index contributed by atoms with van der Waals surface area (Å²) in [6.07, 6.45) is 2.73. The summed E-state index contributed by atoms with van der Waals surface area (Å²) in [6, 6.07) is 12.0. The Hall–Kier alpha value is -2.50. The number of hydrogen-bond acceptors (Lipinski definition) is 4. The number of carbonyl (C=O) groups excluding carboxylic acids is 2. The molecular formula is C19H17Cl2NO4. The third-order valence-electron chi connectivity index (χ3n) is 3.16. The van der Waals surface area contributed by atoms with Gasteiger partial charge in [-0.1, -0.05) is 41.4 Å². The summed E-state index contributed by atoms with van der Waals surface area (Å²) in [7, 11) is 0. The van der Waals surface area contributed by atoms with E-state index in [-0.39, 0.29) is 0 Å². The number of ether oxygens (including phenoxy) is 2. The minimum atomic E-state index is -0.649. The average Bonchev–Trinajstić information content (AvgIpc) is 2.63. The number of carbonyl (C=O) groups is 2. The number of benzene rings is 2. The number of halogens is 2. The van der Waals surface area contributed by atoms with Gasteiger partial charge in [0.15, 0.2) is 6.61 Å². The first-order valence-corrected chi connectivity index (χ1v) is 8.56. The summed E-state index contributed by atoms with van der Waals surface area (Å²) in [5.74, 6) is -0.563. The first kappa shape index (κ1) is 19.8. The molecule has 0 spiro atoms. The number of rotatable bonds is 7. The van der Waals surface area contributed by atoms with Crippen molar-refractivity contribution in [1.82, 2.24) is 0 Å². The Kier molecular flexibility index (Phi) is 7.51. The van der Waals surface area contributed by atoms with Crippen LogP contribution in [0.2, 0.25) is 10.0 Å². The van der Waals surface area contributed by atoms with Crippen molar-refractivity contribution >= 4 is 46.8 Å². The second-order valence-corrected chi connectivity index (χ2v) is 5.91. The third kappa shape index (κ3) is 6.10. The molecule has 1 amide bonds.